The van der Waals surface area contributed by atoms with E-state index in [4.69, 9.17) is 13.1 Å². The molecule has 0 amide bonds. The largest absolute Gasteiger partial charge is 0.416 e. The van der Waals surface area contributed by atoms with E-state index in [1.807, 2.05) is 72.8 Å². The molecule has 0 saturated carbocycles. The smallest absolute Gasteiger partial charge is 0.226 e. The minimum atomic E-state index is -4.62. The van der Waals surface area contributed by atoms with Crippen LogP contribution >= 0.6 is 0 Å². The molecule has 204 valence electrons. The third kappa shape index (κ3) is 3.75. The zero-order valence-corrected chi connectivity index (χ0v) is 22.6. The highest BCUT2D eigenvalue weighted by atomic mass is 19.4. The Kier molecular flexibility index (Phi) is 5.76. The van der Waals surface area contributed by atoms with Gasteiger partial charge >= 0.3 is 6.18 Å². The van der Waals surface area contributed by atoms with Crippen LogP contribution in [-0.2, 0) is 6.18 Å². The SMILES string of the molecule is [C-]#[N+]/C(C#N)=C1/c2cc(C(F)(F)F)ccc2-c2cc3c(cc21)-c1ccc(-c2cccc4ccccc24)cc1/C3=C(/C#N)[N+]#[C-]. The number of alkyl halides is 3. The van der Waals surface area contributed by atoms with E-state index in [1.54, 1.807) is 12.1 Å². The molecule has 5 aromatic carbocycles. The van der Waals surface area contributed by atoms with Crippen molar-refractivity contribution in [3.05, 3.63) is 153 Å². The van der Waals surface area contributed by atoms with E-state index in [0.29, 0.717) is 39.0 Å². The number of fused-ring (bicyclic) bond motifs is 7. The van der Waals surface area contributed by atoms with Gasteiger partial charge in [-0.05, 0) is 96.7 Å². The average molecular weight is 573 g/mol. The molecule has 0 aliphatic heterocycles. The molecule has 44 heavy (non-hydrogen) atoms. The molecule has 0 bridgehead atoms. The van der Waals surface area contributed by atoms with Gasteiger partial charge in [-0.15, -0.1) is 0 Å². The standard InChI is InChI=1S/C37H15F3N4/c1-43-33(18-41)35-29-14-21(24-9-5-7-20-6-3-4-8-23(20)24)10-12-25(29)27-16-32-28(17-31(27)35)26-13-11-22(37(38,39)40)15-30(26)36(32)34(19-42)44-2/h3-17H/b35-33+,36-34-. The summed E-state index contributed by atoms with van der Waals surface area (Å²) in [5.41, 5.74) is 5.40. The van der Waals surface area contributed by atoms with Gasteiger partial charge < -0.3 is 0 Å². The predicted octanol–water partition coefficient (Wildman–Crippen LogP) is 9.89. The van der Waals surface area contributed by atoms with Crippen molar-refractivity contribution in [2.75, 3.05) is 0 Å². The van der Waals surface area contributed by atoms with E-state index in [2.05, 4.69) is 9.69 Å². The third-order valence-electron chi connectivity index (χ3n) is 8.19. The van der Waals surface area contributed by atoms with E-state index in [1.165, 1.54) is 6.07 Å². The number of hydrogen-bond donors (Lipinski definition) is 0. The van der Waals surface area contributed by atoms with E-state index in [0.717, 1.165) is 39.6 Å². The number of benzene rings is 5. The summed E-state index contributed by atoms with van der Waals surface area (Å²) in [4.78, 5) is 6.89. The molecule has 0 spiro atoms. The Labute approximate surface area is 250 Å². The second kappa shape index (κ2) is 9.57. The molecule has 0 N–H and O–H groups in total. The van der Waals surface area contributed by atoms with Crippen LogP contribution in [0.15, 0.2) is 102 Å². The Bertz CT molecular complexity index is 2330. The zero-order valence-electron chi connectivity index (χ0n) is 22.6. The minimum Gasteiger partial charge on any atom is -0.226 e. The van der Waals surface area contributed by atoms with Gasteiger partial charge in [0.25, 0.3) is 11.4 Å². The Morgan fingerprint density at radius 1 is 0.568 bits per heavy atom. The van der Waals surface area contributed by atoms with Crippen molar-refractivity contribution < 1.29 is 13.2 Å². The number of nitriles is 2. The summed E-state index contributed by atoms with van der Waals surface area (Å²) in [5, 5.41) is 21.9. The lowest BCUT2D eigenvalue weighted by atomic mass is 9.94. The van der Waals surface area contributed by atoms with Gasteiger partial charge in [0.1, 0.15) is 0 Å². The van der Waals surface area contributed by atoms with Crippen molar-refractivity contribution in [2.45, 2.75) is 6.18 Å². The Balaban J connectivity index is 1.52. The molecule has 0 aromatic heterocycles. The van der Waals surface area contributed by atoms with Gasteiger partial charge in [0.2, 0.25) is 0 Å². The van der Waals surface area contributed by atoms with Gasteiger partial charge in [0, 0.05) is 11.1 Å². The normalized spacial score (nSPS) is 14.7. The number of nitrogens with zero attached hydrogens (tertiary/aromatic N) is 4. The van der Waals surface area contributed by atoms with Gasteiger partial charge in [0.05, 0.1) is 30.8 Å². The first-order chi connectivity index (χ1) is 21.3. The van der Waals surface area contributed by atoms with Crippen LogP contribution < -0.4 is 0 Å². The molecule has 0 unspecified atom stereocenters. The summed E-state index contributed by atoms with van der Waals surface area (Å²) >= 11 is 0. The van der Waals surface area contributed by atoms with Crippen molar-refractivity contribution in [3.8, 4) is 45.5 Å². The predicted molar refractivity (Wildman–Crippen MR) is 162 cm³/mol. The maximum absolute atomic E-state index is 13.7. The molecule has 0 saturated heterocycles. The second-order valence-corrected chi connectivity index (χ2v) is 10.4. The molecule has 5 aromatic rings. The fourth-order valence-corrected chi connectivity index (χ4v) is 6.33. The van der Waals surface area contributed by atoms with Crippen molar-refractivity contribution in [2.24, 2.45) is 0 Å². The molecule has 7 rings (SSSR count). The van der Waals surface area contributed by atoms with Crippen LogP contribution in [0.4, 0.5) is 13.2 Å². The highest BCUT2D eigenvalue weighted by molar-refractivity contribution is 6.11. The molecule has 0 atom stereocenters. The Hall–Kier alpha value is -6.41. The van der Waals surface area contributed by atoms with Crippen LogP contribution in [0, 0.1) is 35.8 Å². The summed E-state index contributed by atoms with van der Waals surface area (Å²) in [5.74, 6) is 0. The van der Waals surface area contributed by atoms with E-state index in [9.17, 15) is 23.7 Å². The van der Waals surface area contributed by atoms with Crippen molar-refractivity contribution in [1.82, 2.24) is 0 Å². The molecule has 0 radical (unpaired) electrons. The van der Waals surface area contributed by atoms with Crippen LogP contribution in [0.5, 0.6) is 0 Å². The fraction of sp³-hybridized carbons (Fsp3) is 0.0270. The minimum absolute atomic E-state index is 0.111. The average Bonchev–Trinajstić information content (AvgIpc) is 3.52. The quantitative estimate of drug-likeness (QED) is 0.145. The first-order valence-electron chi connectivity index (χ1n) is 13.4. The number of rotatable bonds is 1. The van der Waals surface area contributed by atoms with Crippen molar-refractivity contribution >= 4 is 21.9 Å². The van der Waals surface area contributed by atoms with Crippen LogP contribution in [0.2, 0.25) is 0 Å². The maximum Gasteiger partial charge on any atom is 0.416 e. The highest BCUT2D eigenvalue weighted by Gasteiger charge is 2.36. The molecule has 4 nitrogen and oxygen atoms in total. The summed E-state index contributed by atoms with van der Waals surface area (Å²) in [7, 11) is 0. The number of hydrogen-bond acceptors (Lipinski definition) is 2. The van der Waals surface area contributed by atoms with Crippen LogP contribution in [0.3, 0.4) is 0 Å². The summed E-state index contributed by atoms with van der Waals surface area (Å²) in [6, 6.07) is 30.6. The van der Waals surface area contributed by atoms with Crippen LogP contribution in [0.1, 0.15) is 27.8 Å². The monoisotopic (exact) mass is 572 g/mol. The van der Waals surface area contributed by atoms with E-state index >= 15 is 0 Å². The lowest BCUT2D eigenvalue weighted by Gasteiger charge is -2.10. The topological polar surface area (TPSA) is 56.3 Å². The first kappa shape index (κ1) is 26.5. The summed E-state index contributed by atoms with van der Waals surface area (Å²) in [6.45, 7) is 15.4. The molecule has 0 heterocycles. The molecule has 2 aliphatic carbocycles. The molecule has 7 heteroatoms. The van der Waals surface area contributed by atoms with E-state index < -0.39 is 11.7 Å². The van der Waals surface area contributed by atoms with Gasteiger partial charge in [0.15, 0.2) is 0 Å². The van der Waals surface area contributed by atoms with Crippen LogP contribution in [0.25, 0.3) is 65.0 Å². The lowest BCUT2D eigenvalue weighted by molar-refractivity contribution is -0.137. The van der Waals surface area contributed by atoms with Crippen molar-refractivity contribution in [1.29, 1.82) is 10.5 Å². The van der Waals surface area contributed by atoms with E-state index in [-0.39, 0.29) is 22.5 Å². The molecular formula is C37H15F3N4. The third-order valence-corrected chi connectivity index (χ3v) is 8.19. The highest BCUT2D eigenvalue weighted by Crippen LogP contribution is 2.54. The van der Waals surface area contributed by atoms with Gasteiger partial charge in [-0.25, -0.2) is 20.2 Å². The summed E-state index contributed by atoms with van der Waals surface area (Å²) in [6.07, 6.45) is -4.62. The number of halogens is 3. The molecular weight excluding hydrogens is 557 g/mol. The second-order valence-electron chi connectivity index (χ2n) is 10.4. The van der Waals surface area contributed by atoms with Gasteiger partial charge in [-0.3, -0.25) is 0 Å². The fourth-order valence-electron chi connectivity index (χ4n) is 6.33. The van der Waals surface area contributed by atoms with Gasteiger partial charge in [-0.2, -0.15) is 13.2 Å². The van der Waals surface area contributed by atoms with Crippen molar-refractivity contribution in [3.63, 3.8) is 0 Å². The summed E-state index contributed by atoms with van der Waals surface area (Å²) < 4.78 is 41.1. The molecule has 0 fully saturated rings. The number of allylic oxidation sites excluding steroid dienone is 2. The zero-order chi connectivity index (χ0) is 30.7. The Morgan fingerprint density at radius 3 is 1.70 bits per heavy atom. The lowest BCUT2D eigenvalue weighted by Crippen LogP contribution is -2.05. The van der Waals surface area contributed by atoms with Crippen LogP contribution in [-0.4, -0.2) is 0 Å². The molecule has 2 aliphatic rings. The maximum atomic E-state index is 13.7. The Morgan fingerprint density at radius 2 is 1.11 bits per heavy atom. The van der Waals surface area contributed by atoms with Gasteiger partial charge in [-0.1, -0.05) is 60.7 Å². The first-order valence-corrected chi connectivity index (χ1v) is 13.4.